The molecule has 0 radical (unpaired) electrons. The van der Waals surface area contributed by atoms with E-state index in [4.69, 9.17) is 10.5 Å². The van der Waals surface area contributed by atoms with Crippen LogP contribution in [-0.4, -0.2) is 59.3 Å². The first-order valence-corrected chi connectivity index (χ1v) is 13.1. The molecule has 0 amide bonds. The summed E-state index contributed by atoms with van der Waals surface area (Å²) >= 11 is 0. The van der Waals surface area contributed by atoms with Gasteiger partial charge in [-0.25, -0.2) is 18.2 Å². The van der Waals surface area contributed by atoms with E-state index in [9.17, 15) is 14.3 Å². The van der Waals surface area contributed by atoms with Crippen LogP contribution in [0.4, 0.5) is 18.9 Å². The number of Topliss-reactive ketones (excluding diaryl/α,β-unsaturated/α-hetero) is 1. The number of aliphatic hydroxyl groups is 1. The molecule has 3 N–H and O–H groups in total. The van der Waals surface area contributed by atoms with Gasteiger partial charge in [-0.05, 0) is 54.7 Å². The average molecular weight is 541 g/mol. The normalized spacial score (nSPS) is 22.2. The van der Waals surface area contributed by atoms with Gasteiger partial charge in [0.25, 0.3) is 0 Å². The number of pyridine rings is 2. The first-order chi connectivity index (χ1) is 18.7. The highest BCUT2D eigenvalue weighted by Gasteiger charge is 2.32. The van der Waals surface area contributed by atoms with Crippen molar-refractivity contribution in [1.29, 1.82) is 0 Å². The minimum Gasteiger partial charge on any atom is -0.391 e. The van der Waals surface area contributed by atoms with E-state index in [-0.39, 0.29) is 24.0 Å². The molecule has 7 nitrogen and oxygen atoms in total. The number of rotatable bonds is 6. The Balaban J connectivity index is 1.41. The number of anilines is 1. The van der Waals surface area contributed by atoms with Crippen LogP contribution in [0.1, 0.15) is 47.3 Å². The zero-order valence-electron chi connectivity index (χ0n) is 21.6. The fourth-order valence-corrected chi connectivity index (χ4v) is 5.50. The van der Waals surface area contributed by atoms with Gasteiger partial charge in [-0.2, -0.15) is 0 Å². The lowest BCUT2D eigenvalue weighted by atomic mass is 9.90. The summed E-state index contributed by atoms with van der Waals surface area (Å²) in [5.74, 6) is -3.37. The van der Waals surface area contributed by atoms with E-state index >= 15 is 8.78 Å². The minimum atomic E-state index is -0.931. The molecular weight excluding hydrogens is 509 g/mol. The molecule has 3 aromatic rings. The SMILES string of the molecule is C[C@H]1CN(c2ccncc2CC(=O)c2ccc(F)c(-c3c(F)cc(C4CCOCC4)cc3F)n2)C[C@@H](N)[C@@H]1O. The molecule has 0 unspecified atom stereocenters. The van der Waals surface area contributed by atoms with Gasteiger partial charge in [0.05, 0.1) is 11.7 Å². The third kappa shape index (κ3) is 5.68. The number of nitrogens with two attached hydrogens (primary N) is 1. The Morgan fingerprint density at radius 2 is 1.82 bits per heavy atom. The fraction of sp³-hybridized carbons (Fsp3) is 0.414. The number of ketones is 1. The summed E-state index contributed by atoms with van der Waals surface area (Å²) in [5, 5.41) is 10.2. The molecule has 4 heterocycles. The highest BCUT2D eigenvalue weighted by Crippen LogP contribution is 2.34. The average Bonchev–Trinajstić information content (AvgIpc) is 2.92. The zero-order chi connectivity index (χ0) is 27.7. The summed E-state index contributed by atoms with van der Waals surface area (Å²) < 4.78 is 50.4. The summed E-state index contributed by atoms with van der Waals surface area (Å²) in [5.41, 5.74) is 6.68. The first kappa shape index (κ1) is 27.2. The van der Waals surface area contributed by atoms with Crippen LogP contribution in [0.5, 0.6) is 0 Å². The molecule has 2 fully saturated rings. The van der Waals surface area contributed by atoms with Crippen LogP contribution < -0.4 is 10.6 Å². The number of ether oxygens (including phenoxy) is 1. The second-order valence-corrected chi connectivity index (χ2v) is 10.4. The zero-order valence-corrected chi connectivity index (χ0v) is 21.6. The number of aliphatic hydroxyl groups excluding tert-OH is 1. The molecule has 0 spiro atoms. The van der Waals surface area contributed by atoms with E-state index in [1.165, 1.54) is 18.2 Å². The summed E-state index contributed by atoms with van der Waals surface area (Å²) in [6, 6.07) is 5.96. The molecule has 2 aromatic heterocycles. The number of piperidine rings is 1. The molecule has 3 atom stereocenters. The Bertz CT molecular complexity index is 1330. The maximum absolute atomic E-state index is 15.2. The summed E-state index contributed by atoms with van der Waals surface area (Å²) in [6.07, 6.45) is 3.72. The monoisotopic (exact) mass is 540 g/mol. The molecule has 0 saturated carbocycles. The van der Waals surface area contributed by atoms with Crippen molar-refractivity contribution in [3.05, 3.63) is 77.0 Å². The van der Waals surface area contributed by atoms with Crippen LogP contribution in [0.2, 0.25) is 0 Å². The van der Waals surface area contributed by atoms with Crippen molar-refractivity contribution in [2.75, 3.05) is 31.2 Å². The van der Waals surface area contributed by atoms with Crippen molar-refractivity contribution in [1.82, 2.24) is 9.97 Å². The van der Waals surface area contributed by atoms with Crippen LogP contribution in [0.25, 0.3) is 11.3 Å². The standard InChI is InChI=1S/C29H31F3N4O3/c1-16-14-36(15-23(33)29(16)38)25-4-7-34-13-19(25)12-26(37)24-3-2-20(30)28(35-24)27-21(31)10-18(11-22(27)32)17-5-8-39-9-6-17/h2-4,7,10-11,13,16-17,23,29,38H,5-6,8-9,12,14-15,33H2,1H3/t16-,23+,29+/m0/s1. The van der Waals surface area contributed by atoms with Crippen LogP contribution in [0, 0.1) is 23.4 Å². The van der Waals surface area contributed by atoms with Crippen LogP contribution in [0.3, 0.4) is 0 Å². The third-order valence-electron chi connectivity index (χ3n) is 7.66. The molecule has 0 bridgehead atoms. The van der Waals surface area contributed by atoms with Crippen LogP contribution in [-0.2, 0) is 11.2 Å². The van der Waals surface area contributed by atoms with Gasteiger partial charge >= 0.3 is 0 Å². The maximum Gasteiger partial charge on any atom is 0.185 e. The molecule has 2 saturated heterocycles. The van der Waals surface area contributed by atoms with Crippen molar-refractivity contribution in [2.45, 2.75) is 44.2 Å². The smallest absolute Gasteiger partial charge is 0.185 e. The van der Waals surface area contributed by atoms with Gasteiger partial charge in [0, 0.05) is 68.3 Å². The molecule has 206 valence electrons. The van der Waals surface area contributed by atoms with Crippen molar-refractivity contribution >= 4 is 11.5 Å². The van der Waals surface area contributed by atoms with E-state index < -0.39 is 46.6 Å². The summed E-state index contributed by atoms with van der Waals surface area (Å²) in [6.45, 7) is 3.88. The molecule has 2 aliphatic rings. The number of hydrogen-bond acceptors (Lipinski definition) is 7. The highest BCUT2D eigenvalue weighted by molar-refractivity contribution is 5.97. The summed E-state index contributed by atoms with van der Waals surface area (Å²) in [7, 11) is 0. The lowest BCUT2D eigenvalue weighted by molar-refractivity contribution is 0.0784. The van der Waals surface area contributed by atoms with Crippen molar-refractivity contribution in [2.24, 2.45) is 11.7 Å². The van der Waals surface area contributed by atoms with Gasteiger partial charge in [0.15, 0.2) is 5.78 Å². The van der Waals surface area contributed by atoms with Gasteiger partial charge in [-0.3, -0.25) is 9.78 Å². The Morgan fingerprint density at radius 1 is 1.10 bits per heavy atom. The fourth-order valence-electron chi connectivity index (χ4n) is 5.50. The predicted octanol–water partition coefficient (Wildman–Crippen LogP) is 4.02. The third-order valence-corrected chi connectivity index (χ3v) is 7.66. The number of carbonyl (C=O) groups excluding carboxylic acids is 1. The largest absolute Gasteiger partial charge is 0.391 e. The van der Waals surface area contributed by atoms with Gasteiger partial charge in [-0.1, -0.05) is 6.92 Å². The molecule has 10 heteroatoms. The van der Waals surface area contributed by atoms with Crippen molar-refractivity contribution in [3.8, 4) is 11.3 Å². The highest BCUT2D eigenvalue weighted by atomic mass is 19.1. The molecule has 1 aromatic carbocycles. The van der Waals surface area contributed by atoms with Crippen molar-refractivity contribution < 1.29 is 27.8 Å². The minimum absolute atomic E-state index is 0.0445. The molecule has 0 aliphatic carbocycles. The van der Waals surface area contributed by atoms with Crippen LogP contribution >= 0.6 is 0 Å². The Labute approximate surface area is 224 Å². The van der Waals surface area contributed by atoms with Gasteiger partial charge in [0.1, 0.15) is 28.8 Å². The lowest BCUT2D eigenvalue weighted by Gasteiger charge is -2.40. The quantitative estimate of drug-likeness (QED) is 0.456. The predicted molar refractivity (Wildman–Crippen MR) is 140 cm³/mol. The molecule has 39 heavy (non-hydrogen) atoms. The first-order valence-electron chi connectivity index (χ1n) is 13.1. The number of nitrogens with zero attached hydrogens (tertiary/aromatic N) is 3. The lowest BCUT2D eigenvalue weighted by Crippen LogP contribution is -2.55. The van der Waals surface area contributed by atoms with E-state index in [0.29, 0.717) is 50.3 Å². The second-order valence-electron chi connectivity index (χ2n) is 10.4. The molecular formula is C29H31F3N4O3. The molecule has 2 aliphatic heterocycles. The molecule has 5 rings (SSSR count). The topological polar surface area (TPSA) is 102 Å². The number of halogens is 3. The maximum atomic E-state index is 15.2. The number of hydrogen-bond donors (Lipinski definition) is 2. The van der Waals surface area contributed by atoms with E-state index in [0.717, 1.165) is 11.8 Å². The van der Waals surface area contributed by atoms with Gasteiger partial charge in [0.2, 0.25) is 0 Å². The second kappa shape index (κ2) is 11.4. The van der Waals surface area contributed by atoms with Crippen LogP contribution in [0.15, 0.2) is 42.7 Å². The summed E-state index contributed by atoms with van der Waals surface area (Å²) in [4.78, 5) is 23.5. The Kier molecular flexibility index (Phi) is 7.97. The number of aromatic nitrogens is 2. The Morgan fingerprint density at radius 3 is 2.51 bits per heavy atom. The van der Waals surface area contributed by atoms with Gasteiger partial charge < -0.3 is 20.5 Å². The van der Waals surface area contributed by atoms with E-state index in [1.54, 1.807) is 18.5 Å². The van der Waals surface area contributed by atoms with Crippen molar-refractivity contribution in [3.63, 3.8) is 0 Å². The van der Waals surface area contributed by atoms with E-state index in [2.05, 4.69) is 9.97 Å². The number of benzene rings is 1. The number of carbonyl (C=O) groups is 1. The Hall–Kier alpha value is -3.34. The van der Waals surface area contributed by atoms with Gasteiger partial charge in [-0.15, -0.1) is 0 Å². The van der Waals surface area contributed by atoms with E-state index in [1.807, 2.05) is 11.8 Å².